The average Bonchev–Trinajstić information content (AvgIpc) is 2.87. The van der Waals surface area contributed by atoms with Gasteiger partial charge in [0.15, 0.2) is 0 Å². The number of anilines is 1. The number of aryl methyl sites for hydroxylation is 1. The van der Waals surface area contributed by atoms with Crippen molar-refractivity contribution in [2.24, 2.45) is 0 Å². The van der Waals surface area contributed by atoms with E-state index in [2.05, 4.69) is 5.32 Å². The molecule has 0 aliphatic carbocycles. The number of nitrogens with one attached hydrogen (secondary N) is 1. The van der Waals surface area contributed by atoms with Gasteiger partial charge in [-0.25, -0.2) is 8.42 Å². The van der Waals surface area contributed by atoms with Gasteiger partial charge in [-0.05, 0) is 31.4 Å². The maximum absolute atomic E-state index is 13.8. The van der Waals surface area contributed by atoms with Crippen molar-refractivity contribution in [1.29, 1.82) is 0 Å². The van der Waals surface area contributed by atoms with Crippen molar-refractivity contribution in [2.75, 3.05) is 30.8 Å². The molecule has 0 unspecified atom stereocenters. The molecular formula is C26H36N4O7S. The number of hydrogen-bond acceptors (Lipinski definition) is 7. The number of carbonyl (C=O) groups excluding carboxylic acids is 2. The Bertz CT molecular complexity index is 1230. The standard InChI is InChI=1S/C26H36N4O7S/c1-6-8-15-27-26(32)22(7-2)28(17-20-11-9-19(3)10-12-20)25(31)18-29(38(5,35)36)23-16-21(30(33)34)13-14-24(23)37-4/h9-14,16,22H,6-8,15,17-18H2,1-5H3,(H,27,32)/t22-/m0/s1. The van der Waals surface area contributed by atoms with E-state index in [1.807, 2.05) is 38.1 Å². The molecule has 0 aliphatic heterocycles. The zero-order valence-electron chi connectivity index (χ0n) is 22.5. The average molecular weight is 549 g/mol. The fourth-order valence-corrected chi connectivity index (χ4v) is 4.74. The number of methoxy groups -OCH3 is 1. The van der Waals surface area contributed by atoms with Gasteiger partial charge in [-0.2, -0.15) is 0 Å². The largest absolute Gasteiger partial charge is 0.495 e. The number of carbonyl (C=O) groups is 2. The summed E-state index contributed by atoms with van der Waals surface area (Å²) in [6, 6.07) is 10.1. The Morgan fingerprint density at radius 3 is 2.32 bits per heavy atom. The van der Waals surface area contributed by atoms with Crippen molar-refractivity contribution in [3.63, 3.8) is 0 Å². The van der Waals surface area contributed by atoms with Crippen LogP contribution in [0, 0.1) is 17.0 Å². The molecule has 2 rings (SSSR count). The number of unbranched alkanes of at least 4 members (excludes halogenated alkanes) is 1. The first kappa shape index (κ1) is 30.6. The third-order valence-corrected chi connectivity index (χ3v) is 7.14. The lowest BCUT2D eigenvalue weighted by molar-refractivity contribution is -0.384. The number of nitro benzene ring substituents is 1. The Balaban J connectivity index is 2.52. The van der Waals surface area contributed by atoms with Crippen LogP contribution in [0.5, 0.6) is 5.75 Å². The van der Waals surface area contributed by atoms with E-state index in [-0.39, 0.29) is 29.6 Å². The molecule has 0 aliphatic rings. The van der Waals surface area contributed by atoms with E-state index in [4.69, 9.17) is 4.74 Å². The van der Waals surface area contributed by atoms with Crippen molar-refractivity contribution in [2.45, 2.75) is 52.6 Å². The van der Waals surface area contributed by atoms with Crippen LogP contribution in [0.3, 0.4) is 0 Å². The van der Waals surface area contributed by atoms with Crippen LogP contribution in [0.15, 0.2) is 42.5 Å². The summed E-state index contributed by atoms with van der Waals surface area (Å²) in [7, 11) is -2.79. The summed E-state index contributed by atoms with van der Waals surface area (Å²) in [4.78, 5) is 38.9. The molecule has 0 spiro atoms. The second kappa shape index (κ2) is 13.8. The number of nitro groups is 1. The van der Waals surface area contributed by atoms with Crippen molar-refractivity contribution in [1.82, 2.24) is 10.2 Å². The predicted molar refractivity (Wildman–Crippen MR) is 146 cm³/mol. The number of hydrogen-bond donors (Lipinski definition) is 1. The van der Waals surface area contributed by atoms with E-state index >= 15 is 0 Å². The van der Waals surface area contributed by atoms with Gasteiger partial charge in [0.05, 0.1) is 18.3 Å². The summed E-state index contributed by atoms with van der Waals surface area (Å²) in [5, 5.41) is 14.2. The first-order valence-corrected chi connectivity index (χ1v) is 14.2. The normalized spacial score (nSPS) is 11.9. The van der Waals surface area contributed by atoms with Crippen LogP contribution in [-0.4, -0.2) is 62.6 Å². The quantitative estimate of drug-likeness (QED) is 0.217. The van der Waals surface area contributed by atoms with Gasteiger partial charge in [0.2, 0.25) is 21.8 Å². The topological polar surface area (TPSA) is 139 Å². The number of ether oxygens (including phenoxy) is 1. The van der Waals surface area contributed by atoms with Crippen LogP contribution in [0.1, 0.15) is 44.2 Å². The maximum atomic E-state index is 13.8. The van der Waals surface area contributed by atoms with E-state index in [0.717, 1.165) is 40.6 Å². The summed E-state index contributed by atoms with van der Waals surface area (Å²) in [6.07, 6.45) is 2.87. The minimum atomic E-state index is -4.09. The molecule has 1 atom stereocenters. The Hall–Kier alpha value is -3.67. The molecule has 0 bridgehead atoms. The highest BCUT2D eigenvalue weighted by Crippen LogP contribution is 2.34. The van der Waals surface area contributed by atoms with E-state index in [9.17, 15) is 28.1 Å². The van der Waals surface area contributed by atoms with Crippen molar-refractivity contribution < 1.29 is 27.7 Å². The minimum absolute atomic E-state index is 0.0447. The summed E-state index contributed by atoms with van der Waals surface area (Å²) >= 11 is 0. The van der Waals surface area contributed by atoms with Gasteiger partial charge in [0, 0.05) is 25.2 Å². The van der Waals surface area contributed by atoms with Gasteiger partial charge in [-0.15, -0.1) is 0 Å². The van der Waals surface area contributed by atoms with Gasteiger partial charge in [0.25, 0.3) is 5.69 Å². The van der Waals surface area contributed by atoms with Crippen molar-refractivity contribution in [3.05, 3.63) is 63.7 Å². The number of nitrogens with zero attached hydrogens (tertiary/aromatic N) is 3. The fraction of sp³-hybridized carbons (Fsp3) is 0.462. The SMILES string of the molecule is CCCCNC(=O)[C@H](CC)N(Cc1ccc(C)cc1)C(=O)CN(c1cc([N+](=O)[O-])ccc1OC)S(C)(=O)=O. The number of amides is 2. The van der Waals surface area contributed by atoms with Crippen LogP contribution in [0.4, 0.5) is 11.4 Å². The molecule has 2 amide bonds. The van der Waals surface area contributed by atoms with Crippen molar-refractivity contribution in [3.8, 4) is 5.75 Å². The Morgan fingerprint density at radius 1 is 1.13 bits per heavy atom. The molecule has 208 valence electrons. The number of non-ortho nitro benzene ring substituents is 1. The molecule has 0 aromatic heterocycles. The molecule has 2 aromatic rings. The minimum Gasteiger partial charge on any atom is -0.495 e. The lowest BCUT2D eigenvalue weighted by Gasteiger charge is -2.33. The van der Waals surface area contributed by atoms with E-state index < -0.39 is 33.4 Å². The molecule has 0 fully saturated rings. The monoisotopic (exact) mass is 548 g/mol. The lowest BCUT2D eigenvalue weighted by Crippen LogP contribution is -2.52. The highest BCUT2D eigenvalue weighted by atomic mass is 32.2. The van der Waals surface area contributed by atoms with Crippen molar-refractivity contribution >= 4 is 33.2 Å². The summed E-state index contributed by atoms with van der Waals surface area (Å²) in [5.74, 6) is -0.925. The second-order valence-electron chi connectivity index (χ2n) is 8.96. The lowest BCUT2D eigenvalue weighted by atomic mass is 10.1. The number of benzene rings is 2. The predicted octanol–water partition coefficient (Wildman–Crippen LogP) is 3.40. The zero-order chi connectivity index (χ0) is 28.5. The highest BCUT2D eigenvalue weighted by Gasteiger charge is 2.33. The first-order chi connectivity index (χ1) is 17.9. The Morgan fingerprint density at radius 2 is 1.79 bits per heavy atom. The van der Waals surface area contributed by atoms with E-state index in [1.54, 1.807) is 6.92 Å². The fourth-order valence-electron chi connectivity index (χ4n) is 3.90. The van der Waals surface area contributed by atoms with Gasteiger partial charge in [-0.1, -0.05) is 50.1 Å². The smallest absolute Gasteiger partial charge is 0.271 e. The van der Waals surface area contributed by atoms with Crippen LogP contribution >= 0.6 is 0 Å². The number of sulfonamides is 1. The molecule has 11 nitrogen and oxygen atoms in total. The highest BCUT2D eigenvalue weighted by molar-refractivity contribution is 7.92. The first-order valence-electron chi connectivity index (χ1n) is 12.4. The van der Waals surface area contributed by atoms with Gasteiger partial charge in [0.1, 0.15) is 24.0 Å². The summed E-state index contributed by atoms with van der Waals surface area (Å²) < 4.78 is 31.7. The Labute approximate surface area is 224 Å². The van der Waals surface area contributed by atoms with Crippen LogP contribution in [0.25, 0.3) is 0 Å². The van der Waals surface area contributed by atoms with E-state index in [1.165, 1.54) is 24.1 Å². The summed E-state index contributed by atoms with van der Waals surface area (Å²) in [5.41, 5.74) is 1.29. The Kier molecular flexibility index (Phi) is 11.1. The third kappa shape index (κ3) is 8.17. The van der Waals surface area contributed by atoms with Gasteiger partial charge in [-0.3, -0.25) is 24.0 Å². The molecule has 0 heterocycles. The van der Waals surface area contributed by atoms with E-state index in [0.29, 0.717) is 13.0 Å². The summed E-state index contributed by atoms with van der Waals surface area (Å²) in [6.45, 7) is 5.55. The molecule has 0 radical (unpaired) electrons. The molecule has 12 heteroatoms. The molecule has 0 saturated heterocycles. The zero-order valence-corrected chi connectivity index (χ0v) is 23.3. The maximum Gasteiger partial charge on any atom is 0.271 e. The van der Waals surface area contributed by atoms with Crippen LogP contribution < -0.4 is 14.4 Å². The van der Waals surface area contributed by atoms with Crippen LogP contribution in [-0.2, 0) is 26.2 Å². The van der Waals surface area contributed by atoms with Crippen LogP contribution in [0.2, 0.25) is 0 Å². The third-order valence-electron chi connectivity index (χ3n) is 6.01. The number of rotatable bonds is 14. The molecule has 2 aromatic carbocycles. The molecule has 1 N–H and O–H groups in total. The molecular weight excluding hydrogens is 512 g/mol. The van der Waals surface area contributed by atoms with Gasteiger partial charge < -0.3 is 15.0 Å². The molecule has 38 heavy (non-hydrogen) atoms. The van der Waals surface area contributed by atoms with Gasteiger partial charge >= 0.3 is 0 Å². The second-order valence-corrected chi connectivity index (χ2v) is 10.9. The molecule has 0 saturated carbocycles.